The molecule has 9 nitrogen and oxygen atoms in total. The van der Waals surface area contributed by atoms with E-state index in [1.165, 1.54) is 5.56 Å². The Labute approximate surface area is 198 Å². The number of ketones is 1. The van der Waals surface area contributed by atoms with Crippen molar-refractivity contribution in [2.24, 2.45) is 5.73 Å². The molecule has 3 atom stereocenters. The maximum Gasteiger partial charge on any atom is 0.159 e. The van der Waals surface area contributed by atoms with Gasteiger partial charge in [-0.05, 0) is 25.5 Å². The van der Waals surface area contributed by atoms with Crippen molar-refractivity contribution < 1.29 is 4.79 Å². The lowest BCUT2D eigenvalue weighted by Crippen LogP contribution is -2.63. The number of rotatable bonds is 4. The fourth-order valence-corrected chi connectivity index (χ4v) is 4.45. The summed E-state index contributed by atoms with van der Waals surface area (Å²) in [7, 11) is 0. The van der Waals surface area contributed by atoms with Crippen LogP contribution in [0, 0.1) is 0 Å². The molecule has 0 aromatic heterocycles. The average Bonchev–Trinajstić information content (AvgIpc) is 2.80. The number of nitrogens with one attached hydrogen (secondary N) is 7. The van der Waals surface area contributed by atoms with E-state index >= 15 is 0 Å². The van der Waals surface area contributed by atoms with Crippen LogP contribution in [0.4, 0.5) is 0 Å². The Bertz CT molecular complexity index is 700. The third-order valence-corrected chi connectivity index (χ3v) is 6.51. The van der Waals surface area contributed by atoms with E-state index in [4.69, 9.17) is 5.73 Å². The van der Waals surface area contributed by atoms with Gasteiger partial charge in [-0.1, -0.05) is 24.3 Å². The van der Waals surface area contributed by atoms with Crippen molar-refractivity contribution in [1.82, 2.24) is 37.2 Å². The first-order valence-corrected chi connectivity index (χ1v) is 12.4. The summed E-state index contributed by atoms with van der Waals surface area (Å²) >= 11 is 0. The zero-order valence-electron chi connectivity index (χ0n) is 20.1. The zero-order chi connectivity index (χ0) is 23.4. The quantitative estimate of drug-likeness (QED) is 0.250. The zero-order valence-corrected chi connectivity index (χ0v) is 20.1. The monoisotopic (exact) mass is 460 g/mol. The van der Waals surface area contributed by atoms with Crippen molar-refractivity contribution in [1.29, 1.82) is 0 Å². The second-order valence-electron chi connectivity index (χ2n) is 9.44. The summed E-state index contributed by atoms with van der Waals surface area (Å²) in [5.74, 6) is 0.102. The van der Waals surface area contributed by atoms with Crippen LogP contribution < -0.4 is 43.0 Å². The first-order valence-electron chi connectivity index (χ1n) is 12.4. The van der Waals surface area contributed by atoms with Gasteiger partial charge in [-0.2, -0.15) is 0 Å². The first-order chi connectivity index (χ1) is 16.1. The highest BCUT2D eigenvalue weighted by Gasteiger charge is 2.25. The molecule has 0 amide bonds. The summed E-state index contributed by atoms with van der Waals surface area (Å²) in [5, 5.41) is 25.4. The minimum absolute atomic E-state index is 0.102. The van der Waals surface area contributed by atoms with Crippen LogP contribution in [0.25, 0.3) is 0 Å². The fraction of sp³-hybridized carbons (Fsp3) is 0.708. The van der Waals surface area contributed by atoms with Gasteiger partial charge in [0.05, 0.1) is 5.54 Å². The van der Waals surface area contributed by atoms with Gasteiger partial charge in [0.2, 0.25) is 0 Å². The molecular weight excluding hydrogens is 416 g/mol. The molecule has 0 spiro atoms. The summed E-state index contributed by atoms with van der Waals surface area (Å²) in [6, 6.07) is 8.53. The predicted octanol–water partition coefficient (Wildman–Crippen LogP) is -1.63. The van der Waals surface area contributed by atoms with E-state index in [9.17, 15) is 4.79 Å². The minimum Gasteiger partial charge on any atom is -0.322 e. The lowest BCUT2D eigenvalue weighted by atomic mass is 10.00. The van der Waals surface area contributed by atoms with Crippen LogP contribution in [-0.4, -0.2) is 95.4 Å². The Morgan fingerprint density at radius 1 is 0.909 bits per heavy atom. The molecule has 33 heavy (non-hydrogen) atoms. The first kappa shape index (κ1) is 26.2. The second kappa shape index (κ2) is 14.1. The molecule has 2 bridgehead atoms. The van der Waals surface area contributed by atoms with Gasteiger partial charge in [-0.3, -0.25) is 4.79 Å². The van der Waals surface area contributed by atoms with Gasteiger partial charge < -0.3 is 43.0 Å². The Morgan fingerprint density at radius 3 is 2.18 bits per heavy atom. The van der Waals surface area contributed by atoms with Crippen molar-refractivity contribution in [3.8, 4) is 0 Å². The summed E-state index contributed by atoms with van der Waals surface area (Å²) < 4.78 is 0. The van der Waals surface area contributed by atoms with Gasteiger partial charge in [0.1, 0.15) is 0 Å². The predicted molar refractivity (Wildman–Crippen MR) is 135 cm³/mol. The number of benzene rings is 1. The molecule has 2 aliphatic rings. The van der Waals surface area contributed by atoms with Crippen LogP contribution in [0.3, 0.4) is 0 Å². The Morgan fingerprint density at radius 2 is 1.52 bits per heavy atom. The lowest BCUT2D eigenvalue weighted by Gasteiger charge is -2.33. The van der Waals surface area contributed by atoms with Gasteiger partial charge >= 0.3 is 0 Å². The highest BCUT2D eigenvalue weighted by atomic mass is 16.1. The van der Waals surface area contributed by atoms with Crippen molar-refractivity contribution in [3.63, 3.8) is 0 Å². The van der Waals surface area contributed by atoms with E-state index in [1.54, 1.807) is 6.92 Å². The fourth-order valence-electron chi connectivity index (χ4n) is 4.45. The van der Waals surface area contributed by atoms with Gasteiger partial charge in [-0.25, -0.2) is 0 Å². The highest BCUT2D eigenvalue weighted by Crippen LogP contribution is 2.07. The Kier molecular flexibility index (Phi) is 11.2. The number of fused-ring (bicyclic) bond motifs is 6. The molecule has 2 heterocycles. The van der Waals surface area contributed by atoms with E-state index in [2.05, 4.69) is 37.2 Å². The third kappa shape index (κ3) is 9.38. The molecule has 1 aromatic rings. The van der Waals surface area contributed by atoms with Crippen LogP contribution >= 0.6 is 0 Å². The van der Waals surface area contributed by atoms with Gasteiger partial charge in [0.15, 0.2) is 5.78 Å². The normalized spacial score (nSPS) is 29.0. The molecular formula is C24H44N8O. The van der Waals surface area contributed by atoms with E-state index in [-0.39, 0.29) is 17.4 Å². The number of hydrogen-bond donors (Lipinski definition) is 8. The molecule has 3 rings (SSSR count). The molecule has 186 valence electrons. The molecule has 2 saturated heterocycles. The van der Waals surface area contributed by atoms with Crippen molar-refractivity contribution >= 4 is 5.78 Å². The second-order valence-corrected chi connectivity index (χ2v) is 9.44. The van der Waals surface area contributed by atoms with E-state index in [0.717, 1.165) is 90.5 Å². The van der Waals surface area contributed by atoms with Crippen LogP contribution in [0.2, 0.25) is 0 Å². The van der Waals surface area contributed by atoms with E-state index < -0.39 is 0 Å². The van der Waals surface area contributed by atoms with Crippen molar-refractivity contribution in [3.05, 3.63) is 35.4 Å². The molecule has 0 radical (unpaired) electrons. The van der Waals surface area contributed by atoms with Gasteiger partial charge in [-0.15, -0.1) is 0 Å². The highest BCUT2D eigenvalue weighted by molar-refractivity contribution is 5.93. The number of carbonyl (C=O) groups excluding carboxylic acids is 1. The standard InChI is InChI=1S/C24H44N8O/c1-19(33)21-4-2-20(3-5-21)14-32-23-15-27-9-11-29-17-24(25)16-28-10-8-26-7-6-22(23)31-13-12-30-18-24/h2-5,22-23,26-32H,6-18,25H2,1H3. The maximum atomic E-state index is 11.6. The molecule has 9 N–H and O–H groups in total. The van der Waals surface area contributed by atoms with Gasteiger partial charge in [0.25, 0.3) is 0 Å². The van der Waals surface area contributed by atoms with Crippen LogP contribution in [0.5, 0.6) is 0 Å². The largest absolute Gasteiger partial charge is 0.322 e. The lowest BCUT2D eigenvalue weighted by molar-refractivity contribution is 0.101. The summed E-state index contributed by atoms with van der Waals surface area (Å²) in [6.45, 7) is 12.0. The summed E-state index contributed by atoms with van der Waals surface area (Å²) in [6.07, 6.45) is 1.04. The smallest absolute Gasteiger partial charge is 0.159 e. The number of hydrogen-bond acceptors (Lipinski definition) is 9. The molecule has 1 aromatic carbocycles. The summed E-state index contributed by atoms with van der Waals surface area (Å²) in [5.41, 5.74) is 8.33. The molecule has 0 saturated carbocycles. The SMILES string of the molecule is CC(=O)c1ccc(CNC2CNCCNCC3(N)CNCCNCCC2NCCNC3)cc1. The van der Waals surface area contributed by atoms with Crippen molar-refractivity contribution in [2.75, 3.05) is 72.0 Å². The van der Waals surface area contributed by atoms with E-state index in [0.29, 0.717) is 6.04 Å². The summed E-state index contributed by atoms with van der Waals surface area (Å²) in [4.78, 5) is 11.6. The number of nitrogens with two attached hydrogens (primary N) is 1. The van der Waals surface area contributed by atoms with Crippen LogP contribution in [-0.2, 0) is 6.54 Å². The topological polar surface area (TPSA) is 127 Å². The third-order valence-electron chi connectivity index (χ3n) is 6.51. The molecule has 3 unspecified atom stereocenters. The molecule has 0 aliphatic carbocycles. The van der Waals surface area contributed by atoms with E-state index in [1.807, 2.05) is 24.3 Å². The van der Waals surface area contributed by atoms with Crippen LogP contribution in [0.15, 0.2) is 24.3 Å². The number of carbonyl (C=O) groups is 1. The Balaban J connectivity index is 1.66. The van der Waals surface area contributed by atoms with Gasteiger partial charge in [0, 0.05) is 89.6 Å². The number of Topliss-reactive ketones (excluding diaryl/α,β-unsaturated/α-hetero) is 1. The molecule has 9 heteroatoms. The molecule has 2 fully saturated rings. The minimum atomic E-state index is -0.310. The maximum absolute atomic E-state index is 11.6. The molecule has 2 aliphatic heterocycles. The van der Waals surface area contributed by atoms with Crippen molar-refractivity contribution in [2.45, 2.75) is 37.5 Å². The average molecular weight is 461 g/mol. The van der Waals surface area contributed by atoms with Crippen LogP contribution in [0.1, 0.15) is 29.3 Å². The Hall–Kier alpha value is -1.43.